The summed E-state index contributed by atoms with van der Waals surface area (Å²) >= 11 is 3.35. The zero-order valence-corrected chi connectivity index (χ0v) is 13.0. The zero-order chi connectivity index (χ0) is 15.1. The Hall–Kier alpha value is -1.80. The van der Waals surface area contributed by atoms with Crippen molar-refractivity contribution < 1.29 is 14.3 Å². The zero-order valence-electron chi connectivity index (χ0n) is 11.4. The molecule has 0 heterocycles. The standard InChI is InChI=1S/C15H16BrNO3/c1-4-10-17(11(2)15(19)20-3)14(18)13(16)12-8-6-5-7-9-12/h1,5-9,11,13H,10H2,2-3H3/t11-,13?/m0/s1. The Balaban J connectivity index is 2.95. The smallest absolute Gasteiger partial charge is 0.328 e. The van der Waals surface area contributed by atoms with E-state index in [1.165, 1.54) is 12.0 Å². The molecule has 1 amide bonds. The minimum atomic E-state index is -0.729. The molecule has 0 saturated heterocycles. The lowest BCUT2D eigenvalue weighted by molar-refractivity contribution is -0.151. The second-order valence-electron chi connectivity index (χ2n) is 4.14. The van der Waals surface area contributed by atoms with Gasteiger partial charge in [0.2, 0.25) is 5.91 Å². The van der Waals surface area contributed by atoms with Crippen molar-refractivity contribution in [2.24, 2.45) is 0 Å². The van der Waals surface area contributed by atoms with Crippen LogP contribution in [0.25, 0.3) is 0 Å². The van der Waals surface area contributed by atoms with Gasteiger partial charge in [-0.2, -0.15) is 0 Å². The second kappa shape index (κ2) is 7.71. The van der Waals surface area contributed by atoms with E-state index in [1.54, 1.807) is 6.92 Å². The molecule has 1 unspecified atom stereocenters. The summed E-state index contributed by atoms with van der Waals surface area (Å²) in [6, 6.07) is 8.47. The average molecular weight is 338 g/mol. The summed E-state index contributed by atoms with van der Waals surface area (Å²) in [6.45, 7) is 1.63. The maximum Gasteiger partial charge on any atom is 0.328 e. The van der Waals surface area contributed by atoms with E-state index < -0.39 is 16.8 Å². The summed E-state index contributed by atoms with van der Waals surface area (Å²) in [4.78, 5) is 24.8. The van der Waals surface area contributed by atoms with Gasteiger partial charge in [-0.25, -0.2) is 4.79 Å². The molecule has 0 spiro atoms. The highest BCUT2D eigenvalue weighted by atomic mass is 79.9. The number of methoxy groups -OCH3 is 1. The second-order valence-corrected chi connectivity index (χ2v) is 5.06. The van der Waals surface area contributed by atoms with Crippen molar-refractivity contribution in [2.75, 3.05) is 13.7 Å². The summed E-state index contributed by atoms with van der Waals surface area (Å²) in [5.74, 6) is 1.62. The summed E-state index contributed by atoms with van der Waals surface area (Å²) < 4.78 is 4.66. The topological polar surface area (TPSA) is 46.6 Å². The van der Waals surface area contributed by atoms with Crippen molar-refractivity contribution in [1.82, 2.24) is 4.90 Å². The Kier molecular flexibility index (Phi) is 6.26. The molecule has 1 aromatic carbocycles. The van der Waals surface area contributed by atoms with E-state index in [9.17, 15) is 9.59 Å². The predicted molar refractivity (Wildman–Crippen MR) is 80.1 cm³/mol. The highest BCUT2D eigenvalue weighted by Gasteiger charge is 2.30. The Morgan fingerprint density at radius 2 is 2.00 bits per heavy atom. The molecule has 4 nitrogen and oxygen atoms in total. The number of amides is 1. The highest BCUT2D eigenvalue weighted by Crippen LogP contribution is 2.25. The first-order valence-corrected chi connectivity index (χ1v) is 6.95. The van der Waals surface area contributed by atoms with Crippen LogP contribution in [0.3, 0.4) is 0 Å². The van der Waals surface area contributed by atoms with Gasteiger partial charge in [0.05, 0.1) is 13.7 Å². The maximum atomic E-state index is 12.5. The van der Waals surface area contributed by atoms with E-state index >= 15 is 0 Å². The monoisotopic (exact) mass is 337 g/mol. The first kappa shape index (κ1) is 16.3. The van der Waals surface area contributed by atoms with Crippen LogP contribution >= 0.6 is 15.9 Å². The van der Waals surface area contributed by atoms with Crippen LogP contribution in [0.2, 0.25) is 0 Å². The van der Waals surface area contributed by atoms with Crippen LogP contribution in [0.4, 0.5) is 0 Å². The number of benzene rings is 1. The van der Waals surface area contributed by atoms with E-state index in [0.717, 1.165) is 5.56 Å². The number of carbonyl (C=O) groups is 2. The number of carbonyl (C=O) groups excluding carboxylic acids is 2. The van der Waals surface area contributed by atoms with Crippen LogP contribution in [-0.4, -0.2) is 36.5 Å². The van der Waals surface area contributed by atoms with Gasteiger partial charge in [0.1, 0.15) is 10.9 Å². The molecule has 0 radical (unpaired) electrons. The van der Waals surface area contributed by atoms with E-state index in [0.29, 0.717) is 0 Å². The Labute approximate surface area is 127 Å². The third kappa shape index (κ3) is 3.84. The number of hydrogen-bond acceptors (Lipinski definition) is 3. The minimum absolute atomic E-state index is 0.0457. The number of ether oxygens (including phenoxy) is 1. The lowest BCUT2D eigenvalue weighted by Crippen LogP contribution is -2.45. The summed E-state index contributed by atoms with van der Waals surface area (Å²) in [6.07, 6.45) is 5.27. The summed E-state index contributed by atoms with van der Waals surface area (Å²) in [5.41, 5.74) is 0.802. The van der Waals surface area contributed by atoms with Crippen molar-refractivity contribution in [2.45, 2.75) is 17.8 Å². The fraction of sp³-hybridized carbons (Fsp3) is 0.333. The fourth-order valence-corrected chi connectivity index (χ4v) is 2.28. The summed E-state index contributed by atoms with van der Waals surface area (Å²) in [7, 11) is 1.28. The van der Waals surface area contributed by atoms with Crippen LogP contribution in [0, 0.1) is 12.3 Å². The van der Waals surface area contributed by atoms with Crippen molar-refractivity contribution >= 4 is 27.8 Å². The predicted octanol–water partition coefficient (Wildman–Crippen LogP) is 2.15. The number of hydrogen-bond donors (Lipinski definition) is 0. The molecule has 0 bridgehead atoms. The molecule has 20 heavy (non-hydrogen) atoms. The fourth-order valence-electron chi connectivity index (χ4n) is 1.71. The van der Waals surface area contributed by atoms with E-state index in [2.05, 4.69) is 26.6 Å². The lowest BCUT2D eigenvalue weighted by atomic mass is 10.1. The Morgan fingerprint density at radius 1 is 1.40 bits per heavy atom. The van der Waals surface area contributed by atoms with Crippen molar-refractivity contribution in [3.8, 4) is 12.3 Å². The number of nitrogens with zero attached hydrogens (tertiary/aromatic N) is 1. The number of terminal acetylenes is 1. The first-order chi connectivity index (χ1) is 9.52. The Morgan fingerprint density at radius 3 is 2.50 bits per heavy atom. The van der Waals surface area contributed by atoms with Gasteiger partial charge in [-0.1, -0.05) is 52.2 Å². The molecular formula is C15H16BrNO3. The quantitative estimate of drug-likeness (QED) is 0.470. The third-order valence-electron chi connectivity index (χ3n) is 2.86. The molecule has 0 N–H and O–H groups in total. The van der Waals surface area contributed by atoms with E-state index in [-0.39, 0.29) is 12.5 Å². The van der Waals surface area contributed by atoms with Crippen LogP contribution in [0.15, 0.2) is 30.3 Å². The van der Waals surface area contributed by atoms with Gasteiger partial charge in [0.15, 0.2) is 0 Å². The van der Waals surface area contributed by atoms with Crippen LogP contribution < -0.4 is 0 Å². The third-order valence-corrected chi connectivity index (χ3v) is 3.78. The van der Waals surface area contributed by atoms with E-state index in [1.807, 2.05) is 30.3 Å². The minimum Gasteiger partial charge on any atom is -0.467 e. The van der Waals surface area contributed by atoms with Gasteiger partial charge >= 0.3 is 5.97 Å². The van der Waals surface area contributed by atoms with E-state index in [4.69, 9.17) is 6.42 Å². The van der Waals surface area contributed by atoms with Gasteiger partial charge in [0, 0.05) is 0 Å². The number of alkyl halides is 1. The molecule has 0 saturated carbocycles. The number of rotatable bonds is 5. The van der Waals surface area contributed by atoms with Gasteiger partial charge in [-0.15, -0.1) is 6.42 Å². The molecule has 5 heteroatoms. The van der Waals surface area contributed by atoms with Crippen LogP contribution in [0.1, 0.15) is 17.3 Å². The molecule has 106 valence electrons. The van der Waals surface area contributed by atoms with Gasteiger partial charge < -0.3 is 9.64 Å². The molecular weight excluding hydrogens is 322 g/mol. The average Bonchev–Trinajstić information content (AvgIpc) is 2.50. The Bertz CT molecular complexity index is 510. The first-order valence-electron chi connectivity index (χ1n) is 6.03. The van der Waals surface area contributed by atoms with Crippen LogP contribution in [-0.2, 0) is 14.3 Å². The number of halogens is 1. The lowest BCUT2D eigenvalue weighted by Gasteiger charge is -2.27. The molecule has 0 fully saturated rings. The van der Waals surface area contributed by atoms with Gasteiger partial charge in [0.25, 0.3) is 0 Å². The normalized spacial score (nSPS) is 12.9. The van der Waals surface area contributed by atoms with Crippen molar-refractivity contribution in [3.05, 3.63) is 35.9 Å². The highest BCUT2D eigenvalue weighted by molar-refractivity contribution is 9.09. The molecule has 1 aromatic rings. The van der Waals surface area contributed by atoms with Crippen molar-refractivity contribution in [1.29, 1.82) is 0 Å². The van der Waals surface area contributed by atoms with Crippen LogP contribution in [0.5, 0.6) is 0 Å². The maximum absolute atomic E-state index is 12.5. The van der Waals surface area contributed by atoms with Gasteiger partial charge in [-0.3, -0.25) is 4.79 Å². The SMILES string of the molecule is C#CCN(C(=O)C(Br)c1ccccc1)[C@@H](C)C(=O)OC. The van der Waals surface area contributed by atoms with Gasteiger partial charge in [-0.05, 0) is 12.5 Å². The molecule has 2 atom stereocenters. The largest absolute Gasteiger partial charge is 0.467 e. The summed E-state index contributed by atoms with van der Waals surface area (Å²) in [5, 5.41) is 0. The molecule has 0 aliphatic heterocycles. The number of esters is 1. The molecule has 0 aromatic heterocycles. The van der Waals surface area contributed by atoms with Crippen molar-refractivity contribution in [3.63, 3.8) is 0 Å². The molecule has 0 aliphatic rings. The molecule has 0 aliphatic carbocycles. The molecule has 1 rings (SSSR count).